The molecular weight excluding hydrogens is 402 g/mol. The normalized spacial score (nSPS) is 15.2. The minimum absolute atomic E-state index is 0.0396. The van der Waals surface area contributed by atoms with Gasteiger partial charge < -0.3 is 14.2 Å². The Morgan fingerprint density at radius 2 is 1.93 bits per heavy atom. The van der Waals surface area contributed by atoms with Crippen molar-refractivity contribution in [3.63, 3.8) is 0 Å². The summed E-state index contributed by atoms with van der Waals surface area (Å²) in [4.78, 5) is 23.2. The Labute approximate surface area is 172 Å². The second-order valence-electron chi connectivity index (χ2n) is 5.88. The van der Waals surface area contributed by atoms with Crippen molar-refractivity contribution in [2.75, 3.05) is 13.2 Å². The van der Waals surface area contributed by atoms with Crippen molar-refractivity contribution in [2.24, 2.45) is 0 Å². The first-order valence-electron chi connectivity index (χ1n) is 8.33. The molecule has 6 nitrogen and oxygen atoms in total. The summed E-state index contributed by atoms with van der Waals surface area (Å²) in [5.74, 6) is 0.597. The standard InChI is InChI=1S/C20H16ClNO5S/c1-12-3-2-4-15(9-12)25-7-8-26-17-6-5-14(21)10-13(17)11-16-18(23)22-20(24)27-19(16)28/h2-6,9-11H,7-8H2,1H3,(H,22,23,24)/b16-11+. The zero-order valence-corrected chi connectivity index (χ0v) is 16.4. The van der Waals surface area contributed by atoms with Crippen molar-refractivity contribution < 1.29 is 23.8 Å². The smallest absolute Gasteiger partial charge is 0.420 e. The van der Waals surface area contributed by atoms with E-state index in [2.05, 4.69) is 0 Å². The Hall–Kier alpha value is -2.90. The molecule has 0 unspecified atom stereocenters. The van der Waals surface area contributed by atoms with E-state index in [-0.39, 0.29) is 17.2 Å². The molecule has 0 saturated carbocycles. The molecule has 2 aromatic rings. The molecule has 1 N–H and O–H groups in total. The fourth-order valence-corrected chi connectivity index (χ4v) is 2.89. The number of alkyl carbamates (subject to hydrolysis) is 1. The van der Waals surface area contributed by atoms with E-state index in [0.717, 1.165) is 11.3 Å². The van der Waals surface area contributed by atoms with Crippen LogP contribution in [0.2, 0.25) is 5.02 Å². The number of ether oxygens (including phenoxy) is 3. The summed E-state index contributed by atoms with van der Waals surface area (Å²) in [6.45, 7) is 2.59. The van der Waals surface area contributed by atoms with Gasteiger partial charge in [-0.05, 0) is 61.1 Å². The highest BCUT2D eigenvalue weighted by Crippen LogP contribution is 2.26. The summed E-state index contributed by atoms with van der Waals surface area (Å²) in [5.41, 5.74) is 1.67. The van der Waals surface area contributed by atoms with Crippen LogP contribution in [0.15, 0.2) is 48.0 Å². The minimum Gasteiger partial charge on any atom is -0.490 e. The van der Waals surface area contributed by atoms with E-state index >= 15 is 0 Å². The predicted octanol–water partition coefficient (Wildman–Crippen LogP) is 4.08. The first kappa shape index (κ1) is 19.9. The van der Waals surface area contributed by atoms with Crippen molar-refractivity contribution in [1.29, 1.82) is 0 Å². The van der Waals surface area contributed by atoms with Crippen LogP contribution in [0.25, 0.3) is 6.08 Å². The van der Waals surface area contributed by atoms with Crippen molar-refractivity contribution in [2.45, 2.75) is 6.92 Å². The lowest BCUT2D eigenvalue weighted by atomic mass is 10.1. The molecule has 0 radical (unpaired) electrons. The van der Waals surface area contributed by atoms with Crippen LogP contribution in [0.5, 0.6) is 11.5 Å². The van der Waals surface area contributed by atoms with Crippen LogP contribution in [-0.2, 0) is 9.53 Å². The first-order chi connectivity index (χ1) is 13.4. The van der Waals surface area contributed by atoms with Crippen LogP contribution in [0.3, 0.4) is 0 Å². The summed E-state index contributed by atoms with van der Waals surface area (Å²) in [5, 5.41) is 2.29. The Morgan fingerprint density at radius 3 is 2.68 bits per heavy atom. The van der Waals surface area contributed by atoms with Crippen LogP contribution < -0.4 is 14.8 Å². The molecule has 1 heterocycles. The molecule has 1 aliphatic rings. The molecule has 1 aliphatic heterocycles. The van der Waals surface area contributed by atoms with E-state index in [1.54, 1.807) is 18.2 Å². The van der Waals surface area contributed by atoms with Gasteiger partial charge in [0.1, 0.15) is 24.7 Å². The summed E-state index contributed by atoms with van der Waals surface area (Å²) < 4.78 is 16.2. The zero-order valence-electron chi connectivity index (χ0n) is 14.9. The van der Waals surface area contributed by atoms with Gasteiger partial charge in [-0.25, -0.2) is 4.79 Å². The highest BCUT2D eigenvalue weighted by Gasteiger charge is 2.27. The van der Waals surface area contributed by atoms with Gasteiger partial charge in [0, 0.05) is 10.6 Å². The van der Waals surface area contributed by atoms with E-state index in [0.29, 0.717) is 22.9 Å². The monoisotopic (exact) mass is 417 g/mol. The predicted molar refractivity (Wildman–Crippen MR) is 109 cm³/mol. The molecule has 0 spiro atoms. The maximum Gasteiger partial charge on any atom is 0.420 e. The number of imide groups is 1. The first-order valence-corrected chi connectivity index (χ1v) is 9.12. The van der Waals surface area contributed by atoms with Gasteiger partial charge in [-0.1, -0.05) is 23.7 Å². The number of carbonyl (C=O) groups excluding carboxylic acids is 2. The number of nitrogens with one attached hydrogen (secondary N) is 1. The topological polar surface area (TPSA) is 73.9 Å². The SMILES string of the molecule is Cc1cccc(OCCOc2ccc(Cl)cc2/C=C2\C(=O)NC(=O)OC2=S)c1. The quantitative estimate of drug-likeness (QED) is 0.433. The highest BCUT2D eigenvalue weighted by atomic mass is 35.5. The summed E-state index contributed by atoms with van der Waals surface area (Å²) in [6, 6.07) is 12.7. The fourth-order valence-electron chi connectivity index (χ4n) is 2.48. The zero-order chi connectivity index (χ0) is 20.1. The molecule has 8 heteroatoms. The second-order valence-corrected chi connectivity index (χ2v) is 6.69. The number of cyclic esters (lactones) is 1. The number of halogens is 1. The largest absolute Gasteiger partial charge is 0.490 e. The highest BCUT2D eigenvalue weighted by molar-refractivity contribution is 7.80. The molecule has 144 valence electrons. The number of carbonyl (C=O) groups is 2. The van der Waals surface area contributed by atoms with E-state index in [1.165, 1.54) is 6.08 Å². The van der Waals surface area contributed by atoms with Crippen LogP contribution in [-0.4, -0.2) is 30.3 Å². The van der Waals surface area contributed by atoms with Gasteiger partial charge in [0.05, 0.1) is 5.57 Å². The van der Waals surface area contributed by atoms with Crippen LogP contribution in [0.1, 0.15) is 11.1 Å². The number of hydrogen-bond acceptors (Lipinski definition) is 6. The van der Waals surface area contributed by atoms with Crippen molar-refractivity contribution >= 4 is 46.9 Å². The maximum absolute atomic E-state index is 12.0. The third kappa shape index (κ3) is 5.09. The number of rotatable bonds is 6. The van der Waals surface area contributed by atoms with Crippen LogP contribution >= 0.6 is 23.8 Å². The van der Waals surface area contributed by atoms with E-state index in [4.69, 9.17) is 38.0 Å². The number of amides is 2. The van der Waals surface area contributed by atoms with Crippen molar-refractivity contribution in [3.8, 4) is 11.5 Å². The number of benzene rings is 2. The third-order valence-electron chi connectivity index (χ3n) is 3.74. The van der Waals surface area contributed by atoms with E-state index < -0.39 is 12.0 Å². The Morgan fingerprint density at radius 1 is 1.14 bits per heavy atom. The molecular formula is C20H16ClNO5S. The molecule has 3 rings (SSSR count). The average molecular weight is 418 g/mol. The molecule has 1 fully saturated rings. The van der Waals surface area contributed by atoms with Crippen molar-refractivity contribution in [1.82, 2.24) is 5.32 Å². The fraction of sp³-hybridized carbons (Fsp3) is 0.150. The summed E-state index contributed by atoms with van der Waals surface area (Å²) in [7, 11) is 0. The van der Waals surface area contributed by atoms with Crippen molar-refractivity contribution in [3.05, 3.63) is 64.2 Å². The Balaban J connectivity index is 1.70. The molecule has 0 aliphatic carbocycles. The molecule has 0 aromatic heterocycles. The van der Waals surface area contributed by atoms with Gasteiger partial charge in [0.15, 0.2) is 0 Å². The number of hydrogen-bond donors (Lipinski definition) is 1. The lowest BCUT2D eigenvalue weighted by molar-refractivity contribution is -0.116. The van der Waals surface area contributed by atoms with Gasteiger partial charge in [-0.2, -0.15) is 0 Å². The van der Waals surface area contributed by atoms with Crippen LogP contribution in [0.4, 0.5) is 4.79 Å². The van der Waals surface area contributed by atoms with E-state index in [1.807, 2.05) is 36.5 Å². The second kappa shape index (κ2) is 8.86. The summed E-state index contributed by atoms with van der Waals surface area (Å²) in [6.07, 6.45) is 0.565. The Kier molecular flexibility index (Phi) is 6.28. The van der Waals surface area contributed by atoms with Gasteiger partial charge in [-0.15, -0.1) is 0 Å². The maximum atomic E-state index is 12.0. The minimum atomic E-state index is -0.900. The number of aryl methyl sites for hydroxylation is 1. The van der Waals surface area contributed by atoms with Gasteiger partial charge in [0.25, 0.3) is 5.91 Å². The molecule has 0 atom stereocenters. The molecule has 0 bridgehead atoms. The summed E-state index contributed by atoms with van der Waals surface area (Å²) >= 11 is 11.0. The average Bonchev–Trinajstić information content (AvgIpc) is 2.63. The molecule has 2 aromatic carbocycles. The molecule has 28 heavy (non-hydrogen) atoms. The number of thiocarbonyl (C=S) groups is 1. The Bertz CT molecular complexity index is 951. The lowest BCUT2D eigenvalue weighted by Gasteiger charge is -2.16. The van der Waals surface area contributed by atoms with E-state index in [9.17, 15) is 9.59 Å². The lowest BCUT2D eigenvalue weighted by Crippen LogP contribution is -2.41. The van der Waals surface area contributed by atoms with Gasteiger partial charge in [0.2, 0.25) is 5.05 Å². The van der Waals surface area contributed by atoms with Gasteiger partial charge >= 0.3 is 6.09 Å². The molecule has 2 amide bonds. The van der Waals surface area contributed by atoms with Gasteiger partial charge in [-0.3, -0.25) is 10.1 Å². The third-order valence-corrected chi connectivity index (χ3v) is 4.27. The van der Waals surface area contributed by atoms with Crippen LogP contribution in [0, 0.1) is 6.92 Å². The molecule has 1 saturated heterocycles.